The molecule has 2 unspecified atom stereocenters. The van der Waals surface area contributed by atoms with Crippen LogP contribution in [0.25, 0.3) is 0 Å². The Bertz CT molecular complexity index is 1890. The van der Waals surface area contributed by atoms with Gasteiger partial charge >= 0.3 is 0 Å². The van der Waals surface area contributed by atoms with Crippen LogP contribution in [-0.4, -0.2) is 38.1 Å². The number of carbonyl (C=O) groups excluding carboxylic acids is 1. The van der Waals surface area contributed by atoms with E-state index in [2.05, 4.69) is 9.62 Å². The molecular weight excluding hydrogens is 615 g/mol. The van der Waals surface area contributed by atoms with E-state index in [1.807, 2.05) is 24.3 Å². The van der Waals surface area contributed by atoms with Crippen molar-refractivity contribution in [3.05, 3.63) is 125 Å². The Morgan fingerprint density at radius 1 is 0.935 bits per heavy atom. The standard InChI is InChI=1S/C35H34F3N3O4S/c1-34(2,3)39-46(44,45)27-14-10-25(11-15-27)35(43)28-6-4-5-7-31(28)41(33(35)42)20-22-8-12-26(13-9-22)40-17-16-23(21-40)24-18-29(36)32(38)30(37)19-24/h4-15,18-19,23,39,43H,16-17,20-21H2,1-3H3. The fourth-order valence-electron chi connectivity index (χ4n) is 6.28. The van der Waals surface area contributed by atoms with Crippen LogP contribution in [0.3, 0.4) is 0 Å². The number of nitrogens with zero attached hydrogens (tertiary/aromatic N) is 2. The fourth-order valence-corrected chi connectivity index (χ4v) is 7.70. The lowest BCUT2D eigenvalue weighted by atomic mass is 9.87. The molecule has 46 heavy (non-hydrogen) atoms. The van der Waals surface area contributed by atoms with Crippen molar-refractivity contribution >= 4 is 27.3 Å². The molecule has 2 atom stereocenters. The van der Waals surface area contributed by atoms with E-state index in [1.54, 1.807) is 45.0 Å². The fraction of sp³-hybridized carbons (Fsp3) is 0.286. The van der Waals surface area contributed by atoms with Crippen LogP contribution in [0.5, 0.6) is 0 Å². The summed E-state index contributed by atoms with van der Waals surface area (Å²) in [6.45, 7) is 6.56. The minimum absolute atomic E-state index is 0.0202. The van der Waals surface area contributed by atoms with Gasteiger partial charge in [-0.1, -0.05) is 42.5 Å². The highest BCUT2D eigenvalue weighted by Gasteiger charge is 2.51. The van der Waals surface area contributed by atoms with Gasteiger partial charge in [-0.25, -0.2) is 26.3 Å². The summed E-state index contributed by atoms with van der Waals surface area (Å²) in [5.74, 6) is -4.56. The van der Waals surface area contributed by atoms with E-state index < -0.39 is 44.5 Å². The van der Waals surface area contributed by atoms with E-state index in [0.717, 1.165) is 23.4 Å². The number of halogens is 3. The summed E-state index contributed by atoms with van der Waals surface area (Å²) in [6.07, 6.45) is 0.657. The van der Waals surface area contributed by atoms with Gasteiger partial charge in [0.25, 0.3) is 5.91 Å². The summed E-state index contributed by atoms with van der Waals surface area (Å²) < 4.78 is 69.3. The minimum Gasteiger partial charge on any atom is -0.372 e. The third kappa shape index (κ3) is 5.78. The molecule has 240 valence electrons. The molecule has 0 radical (unpaired) electrons. The van der Waals surface area contributed by atoms with Gasteiger partial charge in [-0.05, 0) is 86.3 Å². The summed E-state index contributed by atoms with van der Waals surface area (Å²) >= 11 is 0. The number of hydrogen-bond donors (Lipinski definition) is 2. The third-order valence-corrected chi connectivity index (χ3v) is 10.2. The van der Waals surface area contributed by atoms with Crippen molar-refractivity contribution in [2.75, 3.05) is 22.9 Å². The van der Waals surface area contributed by atoms with Crippen LogP contribution in [0.15, 0.2) is 89.8 Å². The lowest BCUT2D eigenvalue weighted by Crippen LogP contribution is -2.41. The average molecular weight is 650 g/mol. The van der Waals surface area contributed by atoms with E-state index in [4.69, 9.17) is 0 Å². The van der Waals surface area contributed by atoms with Crippen molar-refractivity contribution in [2.24, 2.45) is 0 Å². The van der Waals surface area contributed by atoms with E-state index in [0.29, 0.717) is 36.3 Å². The van der Waals surface area contributed by atoms with Crippen molar-refractivity contribution in [1.29, 1.82) is 0 Å². The largest absolute Gasteiger partial charge is 0.372 e. The number of fused-ring (bicyclic) bond motifs is 1. The second kappa shape index (κ2) is 11.6. The Hall–Kier alpha value is -4.19. The van der Waals surface area contributed by atoms with Crippen LogP contribution in [-0.2, 0) is 27.0 Å². The monoisotopic (exact) mass is 649 g/mol. The van der Waals surface area contributed by atoms with Gasteiger partial charge in [0, 0.05) is 35.8 Å². The van der Waals surface area contributed by atoms with Gasteiger partial charge in [0.2, 0.25) is 10.0 Å². The quantitative estimate of drug-likeness (QED) is 0.242. The topological polar surface area (TPSA) is 89.9 Å². The maximum atomic E-state index is 13.9. The predicted octanol–water partition coefficient (Wildman–Crippen LogP) is 5.96. The molecule has 2 aliphatic heterocycles. The van der Waals surface area contributed by atoms with Crippen molar-refractivity contribution in [2.45, 2.75) is 55.7 Å². The summed E-state index contributed by atoms with van der Waals surface area (Å²) in [5, 5.41) is 11.9. The molecule has 6 rings (SSSR count). The van der Waals surface area contributed by atoms with Crippen molar-refractivity contribution in [3.63, 3.8) is 0 Å². The lowest BCUT2D eigenvalue weighted by molar-refractivity contribution is -0.132. The highest BCUT2D eigenvalue weighted by Crippen LogP contribution is 2.45. The summed E-state index contributed by atoms with van der Waals surface area (Å²) in [4.78, 5) is 17.6. The number of hydrogen-bond acceptors (Lipinski definition) is 5. The number of anilines is 2. The zero-order chi connectivity index (χ0) is 33.0. The van der Waals surface area contributed by atoms with Gasteiger partial charge in [-0.3, -0.25) is 4.79 Å². The Balaban J connectivity index is 1.20. The molecule has 4 aromatic rings. The Kier molecular flexibility index (Phi) is 7.98. The Morgan fingerprint density at radius 3 is 2.20 bits per heavy atom. The SMILES string of the molecule is CC(C)(C)NS(=O)(=O)c1ccc(C2(O)C(=O)N(Cc3ccc(N4CCC(c5cc(F)c(F)c(F)c5)C4)cc3)c3ccccc32)cc1. The molecule has 11 heteroatoms. The number of amides is 1. The first kappa shape index (κ1) is 31.8. The molecular formula is C35H34F3N3O4S. The second-order valence-corrected chi connectivity index (χ2v) is 14.6. The molecule has 2 heterocycles. The number of sulfonamides is 1. The van der Waals surface area contributed by atoms with Crippen LogP contribution in [0, 0.1) is 17.5 Å². The number of rotatable bonds is 7. The number of para-hydroxylation sites is 1. The van der Waals surface area contributed by atoms with Crippen molar-refractivity contribution in [3.8, 4) is 0 Å². The van der Waals surface area contributed by atoms with E-state index in [9.17, 15) is 31.5 Å². The highest BCUT2D eigenvalue weighted by atomic mass is 32.2. The lowest BCUT2D eigenvalue weighted by Gasteiger charge is -2.25. The highest BCUT2D eigenvalue weighted by molar-refractivity contribution is 7.89. The number of benzene rings is 4. The van der Waals surface area contributed by atoms with Gasteiger partial charge in [-0.15, -0.1) is 0 Å². The Labute approximate surface area is 266 Å². The molecule has 2 N–H and O–H groups in total. The normalized spacial score (nSPS) is 20.0. The van der Waals surface area contributed by atoms with E-state index >= 15 is 0 Å². The van der Waals surface area contributed by atoms with Crippen LogP contribution >= 0.6 is 0 Å². The molecule has 1 amide bonds. The maximum absolute atomic E-state index is 13.9. The average Bonchev–Trinajstić information content (AvgIpc) is 3.58. The molecule has 7 nitrogen and oxygen atoms in total. The van der Waals surface area contributed by atoms with Gasteiger partial charge in [0.05, 0.1) is 17.1 Å². The smallest absolute Gasteiger partial charge is 0.268 e. The molecule has 1 saturated heterocycles. The van der Waals surface area contributed by atoms with Gasteiger partial charge < -0.3 is 14.9 Å². The van der Waals surface area contributed by atoms with E-state index in [1.165, 1.54) is 29.2 Å². The number of aliphatic hydroxyl groups is 1. The van der Waals surface area contributed by atoms with Gasteiger partial charge in [0.1, 0.15) is 0 Å². The van der Waals surface area contributed by atoms with Crippen molar-refractivity contribution in [1.82, 2.24) is 4.72 Å². The summed E-state index contributed by atoms with van der Waals surface area (Å²) in [5.41, 5.74) is 0.633. The van der Waals surface area contributed by atoms with Crippen LogP contribution in [0.4, 0.5) is 24.5 Å². The van der Waals surface area contributed by atoms with Gasteiger partial charge in [-0.2, -0.15) is 0 Å². The minimum atomic E-state index is -3.81. The van der Waals surface area contributed by atoms with Crippen LogP contribution < -0.4 is 14.5 Å². The zero-order valence-electron chi connectivity index (χ0n) is 25.6. The Morgan fingerprint density at radius 2 is 1.57 bits per heavy atom. The predicted molar refractivity (Wildman–Crippen MR) is 169 cm³/mol. The van der Waals surface area contributed by atoms with Gasteiger partial charge in [0.15, 0.2) is 23.1 Å². The van der Waals surface area contributed by atoms with Crippen LogP contribution in [0.2, 0.25) is 0 Å². The first-order chi connectivity index (χ1) is 21.7. The molecule has 0 aromatic heterocycles. The molecule has 1 fully saturated rings. The molecule has 0 aliphatic carbocycles. The molecule has 0 bridgehead atoms. The number of carbonyl (C=O) groups is 1. The first-order valence-electron chi connectivity index (χ1n) is 14.9. The van der Waals surface area contributed by atoms with Crippen LogP contribution in [0.1, 0.15) is 55.4 Å². The number of nitrogens with one attached hydrogen (secondary N) is 1. The summed E-state index contributed by atoms with van der Waals surface area (Å²) in [6, 6.07) is 22.3. The second-order valence-electron chi connectivity index (χ2n) is 12.9. The molecule has 2 aliphatic rings. The molecule has 0 saturated carbocycles. The summed E-state index contributed by atoms with van der Waals surface area (Å²) in [7, 11) is -3.81. The van der Waals surface area contributed by atoms with E-state index in [-0.39, 0.29) is 22.9 Å². The third-order valence-electron chi connectivity index (χ3n) is 8.47. The first-order valence-corrected chi connectivity index (χ1v) is 16.4. The van der Waals surface area contributed by atoms with Crippen molar-refractivity contribution < 1.29 is 31.5 Å². The molecule has 4 aromatic carbocycles. The molecule has 0 spiro atoms. The zero-order valence-corrected chi connectivity index (χ0v) is 26.4. The maximum Gasteiger partial charge on any atom is 0.268 e.